The van der Waals surface area contributed by atoms with Gasteiger partial charge in [-0.25, -0.2) is 4.79 Å². The van der Waals surface area contributed by atoms with E-state index in [1.54, 1.807) is 12.1 Å². The summed E-state index contributed by atoms with van der Waals surface area (Å²) in [5, 5.41) is 34.3. The molecule has 3 N–H and O–H groups in total. The maximum absolute atomic E-state index is 12.6. The van der Waals surface area contributed by atoms with Crippen LogP contribution in [0.3, 0.4) is 0 Å². The first-order valence-electron chi connectivity index (χ1n) is 30.5. The largest absolute Gasteiger partial charge is 0.507 e. The van der Waals surface area contributed by atoms with Gasteiger partial charge in [-0.3, -0.25) is 0 Å². The maximum atomic E-state index is 12.6. The number of carbonyl (C=O) groups excluding carboxylic acids is 1. The molecule has 2 heterocycles. The Bertz CT molecular complexity index is 3420. The second-order valence-electron chi connectivity index (χ2n) is 22.2. The van der Waals surface area contributed by atoms with Crippen molar-refractivity contribution in [1.29, 1.82) is 0 Å². The number of ether oxygens (including phenoxy) is 8. The van der Waals surface area contributed by atoms with Crippen molar-refractivity contribution in [3.8, 4) is 23.0 Å². The van der Waals surface area contributed by atoms with Crippen molar-refractivity contribution < 1.29 is 58.0 Å². The van der Waals surface area contributed by atoms with Crippen molar-refractivity contribution >= 4 is 45.1 Å². The summed E-state index contributed by atoms with van der Waals surface area (Å²) in [5.41, 5.74) is 8.09. The van der Waals surface area contributed by atoms with E-state index < -0.39 is 24.1 Å². The zero-order valence-corrected chi connectivity index (χ0v) is 54.4. The topological polar surface area (TPSA) is 152 Å². The number of cyclic esters (lactones) is 1. The van der Waals surface area contributed by atoms with Crippen LogP contribution in [0.15, 0.2) is 199 Å². The van der Waals surface area contributed by atoms with Crippen LogP contribution in [0.5, 0.6) is 23.0 Å². The van der Waals surface area contributed by atoms with Crippen molar-refractivity contribution in [2.24, 2.45) is 11.8 Å². The monoisotopic (exact) mass is 1310 g/mol. The molecule has 12 nitrogen and oxygen atoms in total. The van der Waals surface area contributed by atoms with Crippen LogP contribution in [0.1, 0.15) is 104 Å². The van der Waals surface area contributed by atoms with Crippen LogP contribution >= 0.6 is 39.1 Å². The number of aliphatic hydroxyl groups is 1. The van der Waals surface area contributed by atoms with Crippen molar-refractivity contribution in [3.05, 3.63) is 259 Å². The van der Waals surface area contributed by atoms with Gasteiger partial charge in [-0.05, 0) is 148 Å². The summed E-state index contributed by atoms with van der Waals surface area (Å²) < 4.78 is 48.9. The number of hydrogen-bond donors (Lipinski definition) is 3. The Kier molecular flexibility index (Phi) is 26.0. The third kappa shape index (κ3) is 18.9. The molecule has 0 saturated carbocycles. The van der Waals surface area contributed by atoms with Gasteiger partial charge in [0.25, 0.3) is 0 Å². The van der Waals surface area contributed by atoms with E-state index >= 15 is 0 Å². The molecule has 15 heteroatoms. The summed E-state index contributed by atoms with van der Waals surface area (Å²) in [6.07, 6.45) is -0.460. The standard InChI is InChI=1S/C37H41ClO6.C22H26O4.C15H14BrClO2/c1-4-34-25(3)35(42-23-27-12-8-6-9-13-27)36(43-24-28-14-10-7-11-15-28)37(40,44-34)31-21-29(32(38)22-33(31)39)20-26-16-18-30(19-17-26)41-5-2;1-3-19-16(2)20(24-14-17-10-6-4-7-11-17)21(22(23)26-19)25-15-18-12-8-5-9-13-18;1-2-19-12-5-3-10(4-6-12)7-11-8-13(16)15(18)9-14(11)17/h6-19,21-22,25,34-36,39-40H,4-5,20,23-24H2,1-3H3;4-13,16,19-21H,3,14-15H2,1-2H3;3-6,8-9,18H,2,7H2,1H3/t25-,34-,35+,36-,37?;16-,19-,20+,21-;/m11./s1. The minimum Gasteiger partial charge on any atom is -0.507 e. The minimum absolute atomic E-state index is 0.0715. The molecule has 0 aliphatic carbocycles. The van der Waals surface area contributed by atoms with Crippen molar-refractivity contribution in [3.63, 3.8) is 0 Å². The number of carbonyl (C=O) groups is 1. The number of aromatic hydroxyl groups is 2. The number of benzene rings is 8. The van der Waals surface area contributed by atoms with Gasteiger partial charge in [-0.1, -0.05) is 196 Å². The third-order valence-corrected chi connectivity index (χ3v) is 17.2. The third-order valence-electron chi connectivity index (χ3n) is 15.9. The molecule has 2 aliphatic rings. The van der Waals surface area contributed by atoms with Gasteiger partial charge in [-0.2, -0.15) is 0 Å². The number of phenols is 2. The van der Waals surface area contributed by atoms with Crippen LogP contribution in [0.2, 0.25) is 10.0 Å². The molecule has 0 amide bonds. The molecule has 2 aliphatic heterocycles. The fraction of sp³-hybridized carbons (Fsp3) is 0.338. The van der Waals surface area contributed by atoms with Gasteiger partial charge >= 0.3 is 5.97 Å². The highest BCUT2D eigenvalue weighted by Crippen LogP contribution is 2.47. The first kappa shape index (κ1) is 68.2. The highest BCUT2D eigenvalue weighted by molar-refractivity contribution is 9.10. The fourth-order valence-corrected chi connectivity index (χ4v) is 11.9. The van der Waals surface area contributed by atoms with Crippen LogP contribution in [0.4, 0.5) is 0 Å². The molecule has 89 heavy (non-hydrogen) atoms. The number of halogens is 3. The zero-order valence-electron chi connectivity index (χ0n) is 51.3. The summed E-state index contributed by atoms with van der Waals surface area (Å²) in [6.45, 7) is 14.7. The van der Waals surface area contributed by atoms with Crippen LogP contribution in [-0.4, -0.2) is 71.1 Å². The summed E-state index contributed by atoms with van der Waals surface area (Å²) in [7, 11) is 0. The average molecular weight is 1310 g/mol. The molecule has 2 saturated heterocycles. The maximum Gasteiger partial charge on any atom is 0.338 e. The van der Waals surface area contributed by atoms with E-state index in [0.717, 1.165) is 62.4 Å². The van der Waals surface area contributed by atoms with Crippen molar-refractivity contribution in [2.45, 2.75) is 136 Å². The lowest BCUT2D eigenvalue weighted by molar-refractivity contribution is -0.361. The molecular formula is C74H81BrCl2O12. The molecule has 10 rings (SSSR count). The van der Waals surface area contributed by atoms with Crippen molar-refractivity contribution in [1.82, 2.24) is 0 Å². The quantitative estimate of drug-likeness (QED) is 0.0523. The molecular weight excluding hydrogens is 1230 g/mol. The smallest absolute Gasteiger partial charge is 0.338 e. The highest BCUT2D eigenvalue weighted by atomic mass is 79.9. The normalized spacial score (nSPS) is 21.3. The van der Waals surface area contributed by atoms with E-state index in [1.165, 1.54) is 6.07 Å². The van der Waals surface area contributed by atoms with Crippen LogP contribution < -0.4 is 9.47 Å². The Morgan fingerprint density at radius 3 is 1.35 bits per heavy atom. The van der Waals surface area contributed by atoms with Gasteiger partial charge in [0.15, 0.2) is 6.10 Å². The Balaban J connectivity index is 0.000000192. The summed E-state index contributed by atoms with van der Waals surface area (Å²) >= 11 is 16.1. The van der Waals surface area contributed by atoms with E-state index in [2.05, 4.69) is 29.8 Å². The Morgan fingerprint density at radius 1 is 0.494 bits per heavy atom. The number of hydrogen-bond acceptors (Lipinski definition) is 12. The Hall–Kier alpha value is -6.75. The lowest BCUT2D eigenvalue weighted by Crippen LogP contribution is -2.61. The molecule has 9 atom stereocenters. The average Bonchev–Trinajstić information content (AvgIpc) is 0.906. The lowest BCUT2D eigenvalue weighted by Gasteiger charge is -2.50. The Morgan fingerprint density at radius 2 is 0.899 bits per heavy atom. The summed E-state index contributed by atoms with van der Waals surface area (Å²) in [4.78, 5) is 12.5. The Labute approximate surface area is 542 Å². The number of esters is 1. The van der Waals surface area contributed by atoms with Gasteiger partial charge < -0.3 is 53.2 Å². The molecule has 1 unspecified atom stereocenters. The zero-order chi connectivity index (χ0) is 63.3. The SMILES string of the molecule is CCOc1ccc(Cc2cc(Br)c(O)cc2Cl)cc1.CCOc1ccc(Cc2cc(C3(O)O[C@H](CC)[C@@H](C)[C@H](OCc4ccccc4)[C@H]3OCc3ccccc3)c(O)cc2Cl)cc1.CC[C@H]1OC(=O)[C@H](OCc2ccccc2)[C@@H](OCc2ccccc2)[C@@H]1C. The van der Waals surface area contributed by atoms with E-state index in [-0.39, 0.29) is 59.8 Å². The minimum atomic E-state index is -2.02. The fourth-order valence-electron chi connectivity index (χ4n) is 11.0. The van der Waals surface area contributed by atoms with Crippen LogP contribution in [-0.2, 0) is 78.3 Å². The van der Waals surface area contributed by atoms with Gasteiger partial charge in [-0.15, -0.1) is 0 Å². The molecule has 0 aromatic heterocycles. The van der Waals surface area contributed by atoms with Gasteiger partial charge in [0.05, 0.1) is 61.9 Å². The van der Waals surface area contributed by atoms with Gasteiger partial charge in [0.1, 0.15) is 41.3 Å². The second kappa shape index (κ2) is 33.9. The summed E-state index contributed by atoms with van der Waals surface area (Å²) in [6, 6.07) is 61.8. The molecule has 470 valence electrons. The highest BCUT2D eigenvalue weighted by Gasteiger charge is 2.56. The lowest BCUT2D eigenvalue weighted by atomic mass is 9.81. The van der Waals surface area contributed by atoms with E-state index in [1.807, 2.05) is 204 Å². The van der Waals surface area contributed by atoms with Crippen LogP contribution in [0.25, 0.3) is 0 Å². The van der Waals surface area contributed by atoms with Crippen LogP contribution in [0, 0.1) is 11.8 Å². The molecule has 0 spiro atoms. The predicted octanol–water partition coefficient (Wildman–Crippen LogP) is 16.7. The number of rotatable bonds is 23. The predicted molar refractivity (Wildman–Crippen MR) is 352 cm³/mol. The van der Waals surface area contributed by atoms with E-state index in [0.29, 0.717) is 66.8 Å². The summed E-state index contributed by atoms with van der Waals surface area (Å²) in [5.74, 6) is -0.755. The molecule has 0 radical (unpaired) electrons. The van der Waals surface area contributed by atoms with Crippen molar-refractivity contribution in [2.75, 3.05) is 13.2 Å². The molecule has 2 fully saturated rings. The first-order valence-corrected chi connectivity index (χ1v) is 32.0. The molecule has 8 aromatic rings. The first-order chi connectivity index (χ1) is 43.1. The molecule has 8 aromatic carbocycles. The number of phenolic OH excluding ortho intramolecular Hbond substituents is 2. The van der Waals surface area contributed by atoms with Gasteiger partial charge in [0, 0.05) is 21.9 Å². The molecule has 0 bridgehead atoms. The second-order valence-corrected chi connectivity index (χ2v) is 23.9. The van der Waals surface area contributed by atoms with E-state index in [4.69, 9.17) is 61.1 Å². The van der Waals surface area contributed by atoms with Gasteiger partial charge in [0.2, 0.25) is 5.79 Å². The van der Waals surface area contributed by atoms with E-state index in [9.17, 15) is 20.1 Å².